The van der Waals surface area contributed by atoms with Gasteiger partial charge in [0.05, 0.1) is 46.8 Å². The predicted octanol–water partition coefficient (Wildman–Crippen LogP) is 8.11. The summed E-state index contributed by atoms with van der Waals surface area (Å²) >= 11 is 0. The van der Waals surface area contributed by atoms with E-state index in [9.17, 15) is 9.59 Å². The first-order valence-corrected chi connectivity index (χ1v) is 14.0. The highest BCUT2D eigenvalue weighted by atomic mass is 16.5. The summed E-state index contributed by atoms with van der Waals surface area (Å²) in [6.45, 7) is 4.25. The van der Waals surface area contributed by atoms with Crippen LogP contribution in [0.2, 0.25) is 0 Å². The van der Waals surface area contributed by atoms with Crippen molar-refractivity contribution >= 4 is 23.0 Å². The molecule has 6 heteroatoms. The standard InChI is InChI=1S/C36H30N2O4/c1-3-41-35(39)27-15-19-29(20-16-27)37-31(25-11-7-5-8-12-25)23-34-33(37)24-32(26-13-9-6-10-14-26)38(34)30-21-17-28(18-22-30)36(40)42-4-2/h5-24H,3-4H2,1-2H3. The second-order valence-electron chi connectivity index (χ2n) is 9.77. The molecule has 0 fully saturated rings. The molecule has 0 spiro atoms. The lowest BCUT2D eigenvalue weighted by atomic mass is 10.1. The van der Waals surface area contributed by atoms with Crippen LogP contribution >= 0.6 is 0 Å². The summed E-state index contributed by atoms with van der Waals surface area (Å²) in [7, 11) is 0. The smallest absolute Gasteiger partial charge is 0.338 e. The zero-order valence-electron chi connectivity index (χ0n) is 23.5. The Balaban J connectivity index is 1.59. The summed E-state index contributed by atoms with van der Waals surface area (Å²) in [6, 6.07) is 39.9. The normalized spacial score (nSPS) is 11.0. The van der Waals surface area contributed by atoms with E-state index in [0.29, 0.717) is 24.3 Å². The number of hydrogen-bond acceptors (Lipinski definition) is 4. The lowest BCUT2D eigenvalue weighted by Gasteiger charge is -2.12. The third kappa shape index (κ3) is 4.99. The van der Waals surface area contributed by atoms with Gasteiger partial charge in [-0.2, -0.15) is 0 Å². The van der Waals surface area contributed by atoms with E-state index in [1.54, 1.807) is 38.1 Å². The lowest BCUT2D eigenvalue weighted by molar-refractivity contribution is 0.0516. The highest BCUT2D eigenvalue weighted by Gasteiger charge is 2.21. The molecule has 0 aliphatic heterocycles. The van der Waals surface area contributed by atoms with Crippen LogP contribution in [0.4, 0.5) is 0 Å². The molecule has 6 nitrogen and oxygen atoms in total. The largest absolute Gasteiger partial charge is 0.462 e. The van der Waals surface area contributed by atoms with Crippen molar-refractivity contribution in [2.24, 2.45) is 0 Å². The minimum Gasteiger partial charge on any atom is -0.462 e. The van der Waals surface area contributed by atoms with E-state index in [0.717, 1.165) is 44.9 Å². The molecule has 0 aliphatic rings. The van der Waals surface area contributed by atoms with E-state index in [1.807, 2.05) is 60.7 Å². The van der Waals surface area contributed by atoms with E-state index in [2.05, 4.69) is 45.5 Å². The molecule has 0 bridgehead atoms. The summed E-state index contributed by atoms with van der Waals surface area (Å²) in [6.07, 6.45) is 0. The maximum Gasteiger partial charge on any atom is 0.338 e. The number of rotatable bonds is 8. The van der Waals surface area contributed by atoms with Crippen molar-refractivity contribution in [1.29, 1.82) is 0 Å². The SMILES string of the molecule is CCOC(=O)c1ccc(-n2c(-c3ccccc3)cc3c2cc(-c2ccccc2)n3-c2ccc(C(=O)OCC)cc2)cc1. The Morgan fingerprint density at radius 1 is 0.524 bits per heavy atom. The van der Waals surface area contributed by atoms with Crippen LogP contribution in [0.5, 0.6) is 0 Å². The van der Waals surface area contributed by atoms with Crippen molar-refractivity contribution in [2.45, 2.75) is 13.8 Å². The number of benzene rings is 4. The Morgan fingerprint density at radius 2 is 0.881 bits per heavy atom. The summed E-state index contributed by atoms with van der Waals surface area (Å²) in [5, 5.41) is 0. The van der Waals surface area contributed by atoms with Gasteiger partial charge in [-0.15, -0.1) is 0 Å². The number of fused-ring (bicyclic) bond motifs is 1. The van der Waals surface area contributed by atoms with Gasteiger partial charge < -0.3 is 18.6 Å². The maximum atomic E-state index is 12.3. The average Bonchev–Trinajstić information content (AvgIpc) is 3.59. The number of aromatic nitrogens is 2. The number of esters is 2. The molecule has 0 saturated heterocycles. The van der Waals surface area contributed by atoms with E-state index in [4.69, 9.17) is 9.47 Å². The van der Waals surface area contributed by atoms with Crippen LogP contribution in [0.1, 0.15) is 34.6 Å². The molecule has 0 amide bonds. The molecule has 0 N–H and O–H groups in total. The van der Waals surface area contributed by atoms with Crippen LogP contribution in [-0.2, 0) is 9.47 Å². The van der Waals surface area contributed by atoms with Crippen LogP contribution in [-0.4, -0.2) is 34.3 Å². The first-order chi connectivity index (χ1) is 20.6. The van der Waals surface area contributed by atoms with Gasteiger partial charge in [0.1, 0.15) is 0 Å². The Kier molecular flexibility index (Phi) is 7.43. The first-order valence-electron chi connectivity index (χ1n) is 14.0. The molecule has 208 valence electrons. The molecule has 0 aliphatic carbocycles. The number of hydrogen-bond donors (Lipinski definition) is 0. The molecule has 42 heavy (non-hydrogen) atoms. The highest BCUT2D eigenvalue weighted by molar-refractivity contribution is 5.95. The van der Waals surface area contributed by atoms with Crippen molar-refractivity contribution in [3.63, 3.8) is 0 Å². The fourth-order valence-corrected chi connectivity index (χ4v) is 5.27. The van der Waals surface area contributed by atoms with Gasteiger partial charge in [-0.25, -0.2) is 9.59 Å². The van der Waals surface area contributed by atoms with Gasteiger partial charge in [0, 0.05) is 11.4 Å². The maximum absolute atomic E-state index is 12.3. The molecule has 2 aromatic heterocycles. The fourth-order valence-electron chi connectivity index (χ4n) is 5.27. The predicted molar refractivity (Wildman–Crippen MR) is 165 cm³/mol. The number of carbonyl (C=O) groups is 2. The minimum absolute atomic E-state index is 0.327. The molecule has 0 atom stereocenters. The summed E-state index contributed by atoms with van der Waals surface area (Å²) < 4.78 is 14.8. The molecule has 6 rings (SSSR count). The quantitative estimate of drug-likeness (QED) is 0.178. The van der Waals surface area contributed by atoms with Crippen molar-refractivity contribution in [2.75, 3.05) is 13.2 Å². The molecule has 0 radical (unpaired) electrons. The zero-order valence-corrected chi connectivity index (χ0v) is 23.5. The van der Waals surface area contributed by atoms with Crippen LogP contribution in [0, 0.1) is 0 Å². The third-order valence-corrected chi connectivity index (χ3v) is 7.19. The highest BCUT2D eigenvalue weighted by Crippen LogP contribution is 2.38. The van der Waals surface area contributed by atoms with Crippen LogP contribution in [0.15, 0.2) is 121 Å². The van der Waals surface area contributed by atoms with Gasteiger partial charge in [-0.1, -0.05) is 60.7 Å². The van der Waals surface area contributed by atoms with Gasteiger partial charge in [0.25, 0.3) is 0 Å². The molecule has 2 heterocycles. The number of carbonyl (C=O) groups excluding carboxylic acids is 2. The van der Waals surface area contributed by atoms with E-state index < -0.39 is 0 Å². The summed E-state index contributed by atoms with van der Waals surface area (Å²) in [5.74, 6) is -0.678. The van der Waals surface area contributed by atoms with Crippen molar-refractivity contribution < 1.29 is 19.1 Å². The Hall–Kier alpha value is -5.36. The Bertz CT molecular complexity index is 1710. The van der Waals surface area contributed by atoms with E-state index in [-0.39, 0.29) is 11.9 Å². The van der Waals surface area contributed by atoms with Crippen LogP contribution < -0.4 is 0 Å². The van der Waals surface area contributed by atoms with Crippen molar-refractivity contribution in [1.82, 2.24) is 9.13 Å². The Morgan fingerprint density at radius 3 is 1.21 bits per heavy atom. The average molecular weight is 555 g/mol. The van der Waals surface area contributed by atoms with Crippen LogP contribution in [0.3, 0.4) is 0 Å². The third-order valence-electron chi connectivity index (χ3n) is 7.19. The summed E-state index contributed by atoms with van der Waals surface area (Å²) in [5.41, 5.74) is 9.03. The van der Waals surface area contributed by atoms with Gasteiger partial charge >= 0.3 is 11.9 Å². The molecule has 6 aromatic rings. The zero-order chi connectivity index (χ0) is 29.1. The van der Waals surface area contributed by atoms with Crippen molar-refractivity contribution in [3.05, 3.63) is 132 Å². The van der Waals surface area contributed by atoms with Gasteiger partial charge in [0.2, 0.25) is 0 Å². The monoisotopic (exact) mass is 554 g/mol. The number of nitrogens with zero attached hydrogens (tertiary/aromatic N) is 2. The van der Waals surface area contributed by atoms with E-state index >= 15 is 0 Å². The Labute approximate surface area is 244 Å². The topological polar surface area (TPSA) is 62.5 Å². The molecule has 0 saturated carbocycles. The fraction of sp³-hybridized carbons (Fsp3) is 0.111. The second-order valence-corrected chi connectivity index (χ2v) is 9.77. The van der Waals surface area contributed by atoms with Crippen molar-refractivity contribution in [3.8, 4) is 33.9 Å². The lowest BCUT2D eigenvalue weighted by Crippen LogP contribution is -2.05. The molecule has 0 unspecified atom stereocenters. The molecular formula is C36H30N2O4. The van der Waals surface area contributed by atoms with Gasteiger partial charge in [0.15, 0.2) is 0 Å². The van der Waals surface area contributed by atoms with Crippen LogP contribution in [0.25, 0.3) is 44.9 Å². The van der Waals surface area contributed by atoms with E-state index in [1.165, 1.54) is 0 Å². The minimum atomic E-state index is -0.339. The van der Waals surface area contributed by atoms with Gasteiger partial charge in [-0.05, 0) is 85.6 Å². The first kappa shape index (κ1) is 26.8. The molecule has 4 aromatic carbocycles. The number of ether oxygens (including phenoxy) is 2. The molecular weight excluding hydrogens is 524 g/mol. The van der Waals surface area contributed by atoms with Gasteiger partial charge in [-0.3, -0.25) is 0 Å². The summed E-state index contributed by atoms with van der Waals surface area (Å²) in [4.78, 5) is 24.7. The second kappa shape index (κ2) is 11.6.